The van der Waals surface area contributed by atoms with Crippen LogP contribution < -0.4 is 10.1 Å². The van der Waals surface area contributed by atoms with E-state index in [1.165, 1.54) is 12.1 Å². The van der Waals surface area contributed by atoms with Crippen molar-refractivity contribution in [3.63, 3.8) is 0 Å². The van der Waals surface area contributed by atoms with Gasteiger partial charge < -0.3 is 19.6 Å². The first kappa shape index (κ1) is 14.1. The Hall–Kier alpha value is -2.27. The molecule has 5 heteroatoms. The van der Waals surface area contributed by atoms with Crippen LogP contribution in [0.1, 0.15) is 29.1 Å². The van der Waals surface area contributed by atoms with E-state index in [1.54, 1.807) is 18.4 Å². The summed E-state index contributed by atoms with van der Waals surface area (Å²) in [4.78, 5) is 10.7. The van der Waals surface area contributed by atoms with Gasteiger partial charge in [-0.15, -0.1) is 0 Å². The van der Waals surface area contributed by atoms with E-state index in [9.17, 15) is 4.79 Å². The Morgan fingerprint density at radius 3 is 2.70 bits per heavy atom. The number of carbonyl (C=O) groups is 1. The molecule has 2 rings (SSSR count). The van der Waals surface area contributed by atoms with E-state index in [2.05, 4.69) is 5.32 Å². The predicted molar refractivity (Wildman–Crippen MR) is 74.0 cm³/mol. The molecule has 1 atom stereocenters. The van der Waals surface area contributed by atoms with Crippen molar-refractivity contribution in [1.82, 2.24) is 5.32 Å². The van der Waals surface area contributed by atoms with Crippen molar-refractivity contribution in [3.8, 4) is 5.75 Å². The van der Waals surface area contributed by atoms with E-state index in [4.69, 9.17) is 14.3 Å². The molecule has 0 unspecified atom stereocenters. The Morgan fingerprint density at radius 2 is 2.10 bits per heavy atom. The largest absolute Gasteiger partial charge is 0.492 e. The lowest BCUT2D eigenvalue weighted by atomic mass is 10.2. The molecule has 1 aromatic heterocycles. The van der Waals surface area contributed by atoms with E-state index >= 15 is 0 Å². The third-order valence-corrected chi connectivity index (χ3v) is 2.89. The summed E-state index contributed by atoms with van der Waals surface area (Å²) in [7, 11) is 0. The minimum atomic E-state index is -0.939. The summed E-state index contributed by atoms with van der Waals surface area (Å²) in [5, 5.41) is 12.1. The molecule has 0 aliphatic heterocycles. The van der Waals surface area contributed by atoms with Crippen molar-refractivity contribution in [3.05, 3.63) is 54.0 Å². The summed E-state index contributed by atoms with van der Waals surface area (Å²) >= 11 is 0. The van der Waals surface area contributed by atoms with Crippen LogP contribution in [0.25, 0.3) is 0 Å². The maximum Gasteiger partial charge on any atom is 0.335 e. The molecule has 0 saturated heterocycles. The van der Waals surface area contributed by atoms with Crippen molar-refractivity contribution >= 4 is 5.97 Å². The molecule has 0 bridgehead atoms. The number of aromatic carboxylic acids is 1. The minimum Gasteiger partial charge on any atom is -0.492 e. The third-order valence-electron chi connectivity index (χ3n) is 2.89. The zero-order chi connectivity index (χ0) is 14.4. The molecule has 0 fully saturated rings. The van der Waals surface area contributed by atoms with Crippen molar-refractivity contribution < 1.29 is 19.1 Å². The number of carboxylic acid groups (broad SMARTS) is 1. The number of ether oxygens (including phenoxy) is 1. The van der Waals surface area contributed by atoms with Gasteiger partial charge in [-0.1, -0.05) is 0 Å². The Labute approximate surface area is 117 Å². The molecule has 0 spiro atoms. The highest BCUT2D eigenvalue weighted by molar-refractivity contribution is 5.87. The average Bonchev–Trinajstić information content (AvgIpc) is 2.98. The van der Waals surface area contributed by atoms with Gasteiger partial charge in [-0.05, 0) is 43.3 Å². The van der Waals surface area contributed by atoms with Gasteiger partial charge in [0.2, 0.25) is 0 Å². The molecular weight excluding hydrogens is 258 g/mol. The zero-order valence-electron chi connectivity index (χ0n) is 11.2. The summed E-state index contributed by atoms with van der Waals surface area (Å²) in [6.45, 7) is 3.18. The van der Waals surface area contributed by atoms with E-state index in [0.29, 0.717) is 18.9 Å². The van der Waals surface area contributed by atoms with Gasteiger partial charge in [0.1, 0.15) is 18.1 Å². The maximum absolute atomic E-state index is 10.7. The number of hydrogen-bond acceptors (Lipinski definition) is 4. The lowest BCUT2D eigenvalue weighted by molar-refractivity contribution is 0.0697. The molecule has 1 aromatic carbocycles. The van der Waals surface area contributed by atoms with E-state index in [1.807, 2.05) is 19.1 Å². The van der Waals surface area contributed by atoms with Crippen LogP contribution in [0.3, 0.4) is 0 Å². The molecular formula is C15H17NO4. The van der Waals surface area contributed by atoms with Gasteiger partial charge in [0, 0.05) is 6.54 Å². The highest BCUT2D eigenvalue weighted by Gasteiger charge is 2.06. The smallest absolute Gasteiger partial charge is 0.335 e. The summed E-state index contributed by atoms with van der Waals surface area (Å²) in [6.07, 6.45) is 1.65. The normalized spacial score (nSPS) is 12.1. The highest BCUT2D eigenvalue weighted by Crippen LogP contribution is 2.13. The van der Waals surface area contributed by atoms with Gasteiger partial charge in [0.15, 0.2) is 0 Å². The first-order chi connectivity index (χ1) is 9.66. The fourth-order valence-corrected chi connectivity index (χ4v) is 1.78. The molecule has 0 saturated carbocycles. The fraction of sp³-hybridized carbons (Fsp3) is 0.267. The molecule has 0 radical (unpaired) electrons. The van der Waals surface area contributed by atoms with Crippen LogP contribution in [-0.2, 0) is 0 Å². The second-order valence-corrected chi connectivity index (χ2v) is 4.37. The van der Waals surface area contributed by atoms with Crippen LogP contribution in [0.15, 0.2) is 47.1 Å². The average molecular weight is 275 g/mol. The van der Waals surface area contributed by atoms with E-state index < -0.39 is 5.97 Å². The lowest BCUT2D eigenvalue weighted by Crippen LogP contribution is -2.24. The molecule has 5 nitrogen and oxygen atoms in total. The van der Waals surface area contributed by atoms with Gasteiger partial charge in [0.05, 0.1) is 17.9 Å². The Bertz CT molecular complexity index is 534. The number of nitrogens with one attached hydrogen (secondary N) is 1. The molecule has 106 valence electrons. The minimum absolute atomic E-state index is 0.128. The topological polar surface area (TPSA) is 71.7 Å². The number of furan rings is 1. The van der Waals surface area contributed by atoms with Crippen molar-refractivity contribution in [1.29, 1.82) is 0 Å². The van der Waals surface area contributed by atoms with Gasteiger partial charge in [-0.3, -0.25) is 0 Å². The number of rotatable bonds is 7. The van der Waals surface area contributed by atoms with E-state index in [0.717, 1.165) is 5.76 Å². The molecule has 0 aliphatic rings. The first-order valence-electron chi connectivity index (χ1n) is 6.40. The monoisotopic (exact) mass is 275 g/mol. The first-order valence-corrected chi connectivity index (χ1v) is 6.40. The standard InChI is InChI=1S/C15H17NO4/c1-11(14-3-2-9-20-14)16-8-10-19-13-6-4-12(5-7-13)15(17)18/h2-7,9,11,16H,8,10H2,1H3,(H,17,18)/t11-/m1/s1. The van der Waals surface area contributed by atoms with Crippen LogP contribution >= 0.6 is 0 Å². The highest BCUT2D eigenvalue weighted by atomic mass is 16.5. The zero-order valence-corrected chi connectivity index (χ0v) is 11.2. The fourth-order valence-electron chi connectivity index (χ4n) is 1.78. The number of hydrogen-bond donors (Lipinski definition) is 2. The molecule has 0 amide bonds. The molecule has 2 N–H and O–H groups in total. The van der Waals surface area contributed by atoms with Crippen molar-refractivity contribution in [2.45, 2.75) is 13.0 Å². The second-order valence-electron chi connectivity index (χ2n) is 4.37. The van der Waals surface area contributed by atoms with Crippen molar-refractivity contribution in [2.75, 3.05) is 13.2 Å². The summed E-state index contributed by atoms with van der Waals surface area (Å²) in [5.74, 6) is 0.601. The summed E-state index contributed by atoms with van der Waals surface area (Å²) in [6, 6.07) is 10.3. The van der Waals surface area contributed by atoms with Crippen LogP contribution in [0.2, 0.25) is 0 Å². The molecule has 20 heavy (non-hydrogen) atoms. The number of benzene rings is 1. The molecule has 0 aliphatic carbocycles. The van der Waals surface area contributed by atoms with E-state index in [-0.39, 0.29) is 11.6 Å². The van der Waals surface area contributed by atoms with Gasteiger partial charge in [-0.2, -0.15) is 0 Å². The molecule has 1 heterocycles. The summed E-state index contributed by atoms with van der Waals surface area (Å²) in [5.41, 5.74) is 0.252. The predicted octanol–water partition coefficient (Wildman–Crippen LogP) is 2.71. The lowest BCUT2D eigenvalue weighted by Gasteiger charge is -2.12. The second kappa shape index (κ2) is 6.77. The maximum atomic E-state index is 10.7. The molecule has 2 aromatic rings. The number of carboxylic acids is 1. The Morgan fingerprint density at radius 1 is 1.35 bits per heavy atom. The quantitative estimate of drug-likeness (QED) is 0.760. The van der Waals surface area contributed by atoms with Crippen LogP contribution in [0.5, 0.6) is 5.75 Å². The third kappa shape index (κ3) is 3.86. The van der Waals surface area contributed by atoms with Gasteiger partial charge >= 0.3 is 5.97 Å². The SMILES string of the molecule is C[C@@H](NCCOc1ccc(C(=O)O)cc1)c1ccco1. The van der Waals surface area contributed by atoms with Crippen LogP contribution in [0, 0.1) is 0 Å². The van der Waals surface area contributed by atoms with Crippen LogP contribution in [-0.4, -0.2) is 24.2 Å². The van der Waals surface area contributed by atoms with Crippen LogP contribution in [0.4, 0.5) is 0 Å². The van der Waals surface area contributed by atoms with Gasteiger partial charge in [0.25, 0.3) is 0 Å². The Kier molecular flexibility index (Phi) is 4.79. The van der Waals surface area contributed by atoms with Crippen molar-refractivity contribution in [2.24, 2.45) is 0 Å². The van der Waals surface area contributed by atoms with Gasteiger partial charge in [-0.25, -0.2) is 4.79 Å². The summed E-state index contributed by atoms with van der Waals surface area (Å²) < 4.78 is 10.8. The Balaban J connectivity index is 1.72.